The van der Waals surface area contributed by atoms with Crippen LogP contribution in [0.4, 0.5) is 5.82 Å². The summed E-state index contributed by atoms with van der Waals surface area (Å²) in [6.07, 6.45) is 0.917. The highest BCUT2D eigenvalue weighted by Crippen LogP contribution is 2.26. The minimum absolute atomic E-state index is 0.0631. The van der Waals surface area contributed by atoms with Gasteiger partial charge in [0.2, 0.25) is 0 Å². The van der Waals surface area contributed by atoms with Crippen LogP contribution in [0, 0.1) is 0 Å². The fourth-order valence-electron chi connectivity index (χ4n) is 1.81. The Balaban J connectivity index is 2.60. The van der Waals surface area contributed by atoms with Gasteiger partial charge in [0.15, 0.2) is 5.69 Å². The van der Waals surface area contributed by atoms with E-state index in [4.69, 9.17) is 5.11 Å². The molecule has 0 spiro atoms. The summed E-state index contributed by atoms with van der Waals surface area (Å²) in [5.41, 5.74) is -0.0690. The number of hydrogen-bond donors (Lipinski definition) is 2. The molecule has 1 aromatic carbocycles. The van der Waals surface area contributed by atoms with E-state index in [0.717, 1.165) is 17.2 Å². The first-order chi connectivity index (χ1) is 8.93. The number of carboxylic acid groups (broad SMARTS) is 1. The van der Waals surface area contributed by atoms with Gasteiger partial charge < -0.3 is 10.4 Å². The van der Waals surface area contributed by atoms with Gasteiger partial charge in [-0.15, -0.1) is 0 Å². The lowest BCUT2D eigenvalue weighted by atomic mass is 10.0. The maximum absolute atomic E-state index is 11.1. The average molecular weight is 258 g/mol. The van der Waals surface area contributed by atoms with Crippen LogP contribution in [0.5, 0.6) is 0 Å². The van der Waals surface area contributed by atoms with E-state index in [0.29, 0.717) is 5.82 Å². The van der Waals surface area contributed by atoms with Gasteiger partial charge in [-0.1, -0.05) is 31.2 Å². The van der Waals surface area contributed by atoms with E-state index in [2.05, 4.69) is 31.1 Å². The van der Waals surface area contributed by atoms with Crippen molar-refractivity contribution in [3.63, 3.8) is 0 Å². The van der Waals surface area contributed by atoms with Crippen LogP contribution >= 0.6 is 0 Å². The van der Waals surface area contributed by atoms with Crippen LogP contribution in [0.25, 0.3) is 10.8 Å². The summed E-state index contributed by atoms with van der Waals surface area (Å²) in [6, 6.07) is 9.26. The van der Waals surface area contributed by atoms with Crippen molar-refractivity contribution in [2.75, 3.05) is 5.32 Å². The Morgan fingerprint density at radius 2 is 2.05 bits per heavy atom. The number of rotatable bonds is 4. The molecule has 2 N–H and O–H groups in total. The third kappa shape index (κ3) is 2.84. The van der Waals surface area contributed by atoms with Crippen molar-refractivity contribution in [3.05, 3.63) is 36.0 Å². The van der Waals surface area contributed by atoms with E-state index in [-0.39, 0.29) is 11.2 Å². The Labute approximate surface area is 112 Å². The summed E-state index contributed by atoms with van der Waals surface area (Å²) in [4.78, 5) is 15.4. The first kappa shape index (κ1) is 13.3. The van der Waals surface area contributed by atoms with Gasteiger partial charge in [0.1, 0.15) is 5.82 Å². The molecule has 0 atom stereocenters. The topological polar surface area (TPSA) is 62.2 Å². The molecule has 0 radical (unpaired) electrons. The van der Waals surface area contributed by atoms with Gasteiger partial charge in [-0.05, 0) is 31.7 Å². The second kappa shape index (κ2) is 4.88. The van der Waals surface area contributed by atoms with E-state index < -0.39 is 5.97 Å². The Morgan fingerprint density at radius 1 is 1.37 bits per heavy atom. The fourth-order valence-corrected chi connectivity index (χ4v) is 1.81. The number of aromatic carboxylic acids is 1. The van der Waals surface area contributed by atoms with Gasteiger partial charge in [-0.3, -0.25) is 0 Å². The SMILES string of the molecule is CCC(C)(C)Nc1nc(C(=O)O)cc2ccccc12. The molecule has 4 heteroatoms. The summed E-state index contributed by atoms with van der Waals surface area (Å²) in [7, 11) is 0. The number of aromatic nitrogens is 1. The van der Waals surface area contributed by atoms with Crippen molar-refractivity contribution in [2.45, 2.75) is 32.7 Å². The molecular formula is C15H18N2O2. The predicted molar refractivity (Wildman–Crippen MR) is 76.7 cm³/mol. The third-order valence-corrected chi connectivity index (χ3v) is 3.30. The van der Waals surface area contributed by atoms with Gasteiger partial charge >= 0.3 is 5.97 Å². The maximum atomic E-state index is 11.1. The summed E-state index contributed by atoms with van der Waals surface area (Å²) in [6.45, 7) is 6.21. The molecule has 0 fully saturated rings. The van der Waals surface area contributed by atoms with Gasteiger partial charge in [0, 0.05) is 10.9 Å². The Kier molecular flexibility index (Phi) is 3.42. The molecule has 4 nitrogen and oxygen atoms in total. The van der Waals surface area contributed by atoms with E-state index in [1.165, 1.54) is 0 Å². The van der Waals surface area contributed by atoms with Crippen LogP contribution in [0.1, 0.15) is 37.7 Å². The average Bonchev–Trinajstić information content (AvgIpc) is 2.38. The zero-order valence-corrected chi connectivity index (χ0v) is 11.4. The number of pyridine rings is 1. The highest BCUT2D eigenvalue weighted by molar-refractivity contribution is 5.97. The van der Waals surface area contributed by atoms with Crippen molar-refractivity contribution in [3.8, 4) is 0 Å². The van der Waals surface area contributed by atoms with Crippen molar-refractivity contribution < 1.29 is 9.90 Å². The monoisotopic (exact) mass is 258 g/mol. The van der Waals surface area contributed by atoms with Crippen LogP contribution in [0.2, 0.25) is 0 Å². The van der Waals surface area contributed by atoms with Gasteiger partial charge in [0.05, 0.1) is 0 Å². The predicted octanol–water partition coefficient (Wildman–Crippen LogP) is 3.53. The number of carbonyl (C=O) groups is 1. The second-order valence-corrected chi connectivity index (χ2v) is 5.24. The van der Waals surface area contributed by atoms with Crippen LogP contribution in [-0.2, 0) is 0 Å². The zero-order chi connectivity index (χ0) is 14.0. The number of hydrogen-bond acceptors (Lipinski definition) is 3. The second-order valence-electron chi connectivity index (χ2n) is 5.24. The molecule has 0 bridgehead atoms. The minimum atomic E-state index is -1.01. The lowest BCUT2D eigenvalue weighted by molar-refractivity contribution is 0.0691. The van der Waals surface area contributed by atoms with Crippen molar-refractivity contribution in [1.29, 1.82) is 0 Å². The quantitative estimate of drug-likeness (QED) is 0.880. The number of nitrogens with zero attached hydrogens (tertiary/aromatic N) is 1. The first-order valence-corrected chi connectivity index (χ1v) is 6.34. The van der Waals surface area contributed by atoms with Gasteiger partial charge in [-0.25, -0.2) is 9.78 Å². The van der Waals surface area contributed by atoms with E-state index in [9.17, 15) is 4.79 Å². The van der Waals surface area contributed by atoms with Crippen molar-refractivity contribution in [1.82, 2.24) is 4.98 Å². The summed E-state index contributed by atoms with van der Waals surface area (Å²) >= 11 is 0. The summed E-state index contributed by atoms with van der Waals surface area (Å²) < 4.78 is 0. The Morgan fingerprint density at radius 3 is 2.68 bits per heavy atom. The van der Waals surface area contributed by atoms with E-state index >= 15 is 0 Å². The van der Waals surface area contributed by atoms with Gasteiger partial charge in [0.25, 0.3) is 0 Å². The third-order valence-electron chi connectivity index (χ3n) is 3.30. The molecule has 1 aromatic heterocycles. The normalized spacial score (nSPS) is 11.5. The number of carboxylic acids is 1. The highest BCUT2D eigenvalue weighted by Gasteiger charge is 2.18. The molecule has 0 saturated heterocycles. The minimum Gasteiger partial charge on any atom is -0.477 e. The molecule has 100 valence electrons. The number of anilines is 1. The number of nitrogens with one attached hydrogen (secondary N) is 1. The van der Waals surface area contributed by atoms with Crippen molar-refractivity contribution in [2.24, 2.45) is 0 Å². The molecular weight excluding hydrogens is 240 g/mol. The molecule has 19 heavy (non-hydrogen) atoms. The largest absolute Gasteiger partial charge is 0.477 e. The smallest absolute Gasteiger partial charge is 0.354 e. The van der Waals surface area contributed by atoms with Crippen LogP contribution in [0.3, 0.4) is 0 Å². The van der Waals surface area contributed by atoms with Crippen LogP contribution in [0.15, 0.2) is 30.3 Å². The molecule has 2 rings (SSSR count). The van der Waals surface area contributed by atoms with Crippen LogP contribution in [-0.4, -0.2) is 21.6 Å². The molecule has 2 aromatic rings. The van der Waals surface area contributed by atoms with E-state index in [1.807, 2.05) is 24.3 Å². The molecule has 0 saturated carbocycles. The summed E-state index contributed by atoms with van der Waals surface area (Å²) in [5.74, 6) is -0.384. The van der Waals surface area contributed by atoms with Gasteiger partial charge in [-0.2, -0.15) is 0 Å². The van der Waals surface area contributed by atoms with Crippen LogP contribution < -0.4 is 5.32 Å². The maximum Gasteiger partial charge on any atom is 0.354 e. The zero-order valence-electron chi connectivity index (χ0n) is 11.4. The Bertz CT molecular complexity index is 621. The molecule has 0 amide bonds. The standard InChI is InChI=1S/C15H18N2O2/c1-4-15(2,3)17-13-11-8-6-5-7-10(11)9-12(16-13)14(18)19/h5-9H,4H2,1-3H3,(H,16,17)(H,18,19). The van der Waals surface area contributed by atoms with E-state index in [1.54, 1.807) is 6.07 Å². The number of benzene rings is 1. The molecule has 1 heterocycles. The molecule has 0 unspecified atom stereocenters. The van der Waals surface area contributed by atoms with Crippen molar-refractivity contribution >= 4 is 22.6 Å². The molecule has 0 aliphatic carbocycles. The highest BCUT2D eigenvalue weighted by atomic mass is 16.4. The lowest BCUT2D eigenvalue weighted by Crippen LogP contribution is -2.30. The molecule has 0 aliphatic heterocycles. The lowest BCUT2D eigenvalue weighted by Gasteiger charge is -2.26. The first-order valence-electron chi connectivity index (χ1n) is 6.34. The molecule has 0 aliphatic rings. The fraction of sp³-hybridized carbons (Fsp3) is 0.333. The summed E-state index contributed by atoms with van der Waals surface area (Å²) in [5, 5.41) is 14.3. The number of fused-ring (bicyclic) bond motifs is 1. The Hall–Kier alpha value is -2.10.